The normalized spacial score (nSPS) is 12.9. The average molecular weight is 222 g/mol. The summed E-state index contributed by atoms with van der Waals surface area (Å²) in [5.74, 6) is 0.981. The van der Waals surface area contributed by atoms with Gasteiger partial charge in [-0.25, -0.2) is 4.98 Å². The fourth-order valence-electron chi connectivity index (χ4n) is 1.41. The van der Waals surface area contributed by atoms with Crippen molar-refractivity contribution in [2.45, 2.75) is 19.4 Å². The number of hydrogen-bond acceptors (Lipinski definition) is 4. The lowest BCUT2D eigenvalue weighted by atomic mass is 10.2. The maximum absolute atomic E-state index is 5.31. The van der Waals surface area contributed by atoms with Crippen molar-refractivity contribution in [2.75, 3.05) is 6.54 Å². The van der Waals surface area contributed by atoms with E-state index in [1.165, 1.54) is 5.01 Å². The van der Waals surface area contributed by atoms with Crippen LogP contribution in [0.3, 0.4) is 0 Å². The van der Waals surface area contributed by atoms with Crippen LogP contribution in [0.15, 0.2) is 34.4 Å². The van der Waals surface area contributed by atoms with E-state index in [-0.39, 0.29) is 6.04 Å². The molecule has 3 nitrogen and oxygen atoms in total. The van der Waals surface area contributed by atoms with Gasteiger partial charge in [0.1, 0.15) is 5.76 Å². The van der Waals surface area contributed by atoms with Crippen LogP contribution in [0.5, 0.6) is 0 Å². The molecule has 2 aromatic heterocycles. The Morgan fingerprint density at radius 2 is 2.53 bits per heavy atom. The summed E-state index contributed by atoms with van der Waals surface area (Å²) >= 11 is 1.70. The van der Waals surface area contributed by atoms with Crippen molar-refractivity contribution in [1.29, 1.82) is 0 Å². The van der Waals surface area contributed by atoms with Gasteiger partial charge in [-0.05, 0) is 19.1 Å². The van der Waals surface area contributed by atoms with Crippen molar-refractivity contribution in [3.63, 3.8) is 0 Å². The lowest BCUT2D eigenvalue weighted by Crippen LogP contribution is -2.20. The molecule has 2 heterocycles. The Bertz CT molecular complexity index is 369. The quantitative estimate of drug-likeness (QED) is 0.845. The van der Waals surface area contributed by atoms with Crippen molar-refractivity contribution in [2.24, 2.45) is 0 Å². The van der Waals surface area contributed by atoms with Crippen LogP contribution in [0, 0.1) is 0 Å². The highest BCUT2D eigenvalue weighted by Crippen LogP contribution is 2.12. The standard InChI is InChI=1S/C11H14N2OS/c1-9(10-3-2-7-14-10)12-5-4-11-13-6-8-15-11/h2-3,6-9,12H,4-5H2,1H3. The summed E-state index contributed by atoms with van der Waals surface area (Å²) in [6, 6.07) is 4.16. The van der Waals surface area contributed by atoms with Crippen LogP contribution >= 0.6 is 11.3 Å². The molecule has 0 saturated heterocycles. The summed E-state index contributed by atoms with van der Waals surface area (Å²) in [5, 5.41) is 6.58. The highest BCUT2D eigenvalue weighted by atomic mass is 32.1. The molecular formula is C11H14N2OS. The van der Waals surface area contributed by atoms with E-state index < -0.39 is 0 Å². The Labute approximate surface area is 93.2 Å². The molecule has 1 N–H and O–H groups in total. The Balaban J connectivity index is 1.74. The molecular weight excluding hydrogens is 208 g/mol. The molecule has 0 bridgehead atoms. The molecule has 0 aliphatic rings. The lowest BCUT2D eigenvalue weighted by molar-refractivity contribution is 0.432. The van der Waals surface area contributed by atoms with Gasteiger partial charge in [-0.15, -0.1) is 11.3 Å². The van der Waals surface area contributed by atoms with E-state index in [1.807, 2.05) is 23.7 Å². The summed E-state index contributed by atoms with van der Waals surface area (Å²) in [7, 11) is 0. The summed E-state index contributed by atoms with van der Waals surface area (Å²) in [4.78, 5) is 4.23. The molecule has 2 aromatic rings. The van der Waals surface area contributed by atoms with Gasteiger partial charge in [-0.1, -0.05) is 0 Å². The van der Waals surface area contributed by atoms with E-state index in [4.69, 9.17) is 4.42 Å². The maximum Gasteiger partial charge on any atom is 0.120 e. The third kappa shape index (κ3) is 2.91. The van der Waals surface area contributed by atoms with Crippen molar-refractivity contribution in [3.8, 4) is 0 Å². The van der Waals surface area contributed by atoms with Crippen LogP contribution in [0.2, 0.25) is 0 Å². The number of rotatable bonds is 5. The Morgan fingerprint density at radius 1 is 1.60 bits per heavy atom. The van der Waals surface area contributed by atoms with E-state index in [0.717, 1.165) is 18.7 Å². The van der Waals surface area contributed by atoms with Crippen LogP contribution in [0.25, 0.3) is 0 Å². The largest absolute Gasteiger partial charge is 0.468 e. The minimum absolute atomic E-state index is 0.264. The van der Waals surface area contributed by atoms with Crippen LogP contribution < -0.4 is 5.32 Å². The monoisotopic (exact) mass is 222 g/mol. The molecule has 2 rings (SSSR count). The molecule has 0 aromatic carbocycles. The molecule has 0 aliphatic carbocycles. The predicted octanol–water partition coefficient (Wildman–Crippen LogP) is 2.63. The van der Waals surface area contributed by atoms with Crippen molar-refractivity contribution in [1.82, 2.24) is 10.3 Å². The van der Waals surface area contributed by atoms with Crippen molar-refractivity contribution in [3.05, 3.63) is 40.7 Å². The number of furan rings is 1. The second-order valence-electron chi connectivity index (χ2n) is 3.37. The number of aromatic nitrogens is 1. The van der Waals surface area contributed by atoms with Gasteiger partial charge in [0.15, 0.2) is 0 Å². The van der Waals surface area contributed by atoms with E-state index in [0.29, 0.717) is 0 Å². The molecule has 0 aliphatic heterocycles. The van der Waals surface area contributed by atoms with Gasteiger partial charge in [0.25, 0.3) is 0 Å². The maximum atomic E-state index is 5.31. The highest BCUT2D eigenvalue weighted by Gasteiger charge is 2.06. The second-order valence-corrected chi connectivity index (χ2v) is 4.35. The van der Waals surface area contributed by atoms with Crippen molar-refractivity contribution >= 4 is 11.3 Å². The number of nitrogens with one attached hydrogen (secondary N) is 1. The second kappa shape index (κ2) is 5.09. The van der Waals surface area contributed by atoms with Gasteiger partial charge in [0, 0.05) is 24.5 Å². The zero-order valence-corrected chi connectivity index (χ0v) is 9.46. The Kier molecular flexibility index (Phi) is 3.53. The minimum atomic E-state index is 0.264. The predicted molar refractivity (Wildman–Crippen MR) is 60.9 cm³/mol. The number of thiazole rings is 1. The van der Waals surface area contributed by atoms with Gasteiger partial charge in [-0.2, -0.15) is 0 Å². The summed E-state index contributed by atoms with van der Waals surface area (Å²) in [6.07, 6.45) is 4.52. The van der Waals surface area contributed by atoms with E-state index in [1.54, 1.807) is 17.6 Å². The SMILES string of the molecule is CC(NCCc1nccs1)c1ccco1. The zero-order chi connectivity index (χ0) is 10.5. The first-order valence-electron chi connectivity index (χ1n) is 5.01. The van der Waals surface area contributed by atoms with Gasteiger partial charge in [0.05, 0.1) is 17.3 Å². The molecule has 0 radical (unpaired) electrons. The van der Waals surface area contributed by atoms with E-state index >= 15 is 0 Å². The molecule has 0 spiro atoms. The molecule has 0 amide bonds. The lowest BCUT2D eigenvalue weighted by Gasteiger charge is -2.09. The van der Waals surface area contributed by atoms with Crippen LogP contribution in [-0.4, -0.2) is 11.5 Å². The molecule has 4 heteroatoms. The fraction of sp³-hybridized carbons (Fsp3) is 0.364. The Morgan fingerprint density at radius 3 is 3.20 bits per heavy atom. The summed E-state index contributed by atoms with van der Waals surface area (Å²) in [5.41, 5.74) is 0. The zero-order valence-electron chi connectivity index (χ0n) is 8.64. The van der Waals surface area contributed by atoms with Gasteiger partial charge in [0.2, 0.25) is 0 Å². The third-order valence-electron chi connectivity index (χ3n) is 2.24. The first-order valence-corrected chi connectivity index (χ1v) is 5.89. The van der Waals surface area contributed by atoms with Gasteiger partial charge < -0.3 is 9.73 Å². The van der Waals surface area contributed by atoms with Crippen LogP contribution in [-0.2, 0) is 6.42 Å². The summed E-state index contributed by atoms with van der Waals surface area (Å²) < 4.78 is 5.31. The number of nitrogens with zero attached hydrogens (tertiary/aromatic N) is 1. The Hall–Kier alpha value is -1.13. The first kappa shape index (κ1) is 10.4. The van der Waals surface area contributed by atoms with Gasteiger partial charge in [-0.3, -0.25) is 0 Å². The van der Waals surface area contributed by atoms with Gasteiger partial charge >= 0.3 is 0 Å². The average Bonchev–Trinajstić information content (AvgIpc) is 2.90. The molecule has 1 atom stereocenters. The molecule has 15 heavy (non-hydrogen) atoms. The van der Waals surface area contributed by atoms with Crippen molar-refractivity contribution < 1.29 is 4.42 Å². The molecule has 0 saturated carbocycles. The molecule has 1 unspecified atom stereocenters. The minimum Gasteiger partial charge on any atom is -0.468 e. The molecule has 0 fully saturated rings. The fourth-order valence-corrected chi connectivity index (χ4v) is 2.03. The molecule has 80 valence electrons. The highest BCUT2D eigenvalue weighted by molar-refractivity contribution is 7.09. The van der Waals surface area contributed by atoms with E-state index in [2.05, 4.69) is 17.2 Å². The smallest absolute Gasteiger partial charge is 0.120 e. The third-order valence-corrected chi connectivity index (χ3v) is 3.08. The first-order chi connectivity index (χ1) is 7.36. The summed E-state index contributed by atoms with van der Waals surface area (Å²) in [6.45, 7) is 3.02. The topological polar surface area (TPSA) is 38.1 Å². The number of hydrogen-bond donors (Lipinski definition) is 1. The van der Waals surface area contributed by atoms with Crippen LogP contribution in [0.1, 0.15) is 23.7 Å². The van der Waals surface area contributed by atoms with Crippen LogP contribution in [0.4, 0.5) is 0 Å². The van der Waals surface area contributed by atoms with E-state index in [9.17, 15) is 0 Å².